The van der Waals surface area contributed by atoms with Crippen LogP contribution in [0.5, 0.6) is 0 Å². The summed E-state index contributed by atoms with van der Waals surface area (Å²) in [6, 6.07) is 0.483. The summed E-state index contributed by atoms with van der Waals surface area (Å²) in [5, 5.41) is 13.1. The van der Waals surface area contributed by atoms with E-state index < -0.39 is 38.0 Å². The number of halogens is 3. The van der Waals surface area contributed by atoms with Gasteiger partial charge in [-0.05, 0) is 6.07 Å². The number of hydrogen-bond acceptors (Lipinski definition) is 6. The molecule has 0 saturated heterocycles. The molecule has 1 N–H and O–H groups in total. The van der Waals surface area contributed by atoms with Crippen LogP contribution in [-0.4, -0.2) is 36.4 Å². The van der Waals surface area contributed by atoms with Crippen molar-refractivity contribution in [3.8, 4) is 0 Å². The summed E-state index contributed by atoms with van der Waals surface area (Å²) in [6.45, 7) is 1.18. The number of alkyl halides is 3. The first-order valence-corrected chi connectivity index (χ1v) is 7.55. The number of sulfone groups is 1. The summed E-state index contributed by atoms with van der Waals surface area (Å²) in [5.74, 6) is -0.467. The molecule has 0 radical (unpaired) electrons. The topological polar surface area (TPSA) is 102 Å². The second-order valence-electron chi connectivity index (χ2n) is 4.00. The van der Waals surface area contributed by atoms with Crippen molar-refractivity contribution in [2.75, 3.05) is 23.4 Å². The van der Waals surface area contributed by atoms with Gasteiger partial charge in [-0.25, -0.2) is 13.4 Å². The third kappa shape index (κ3) is 4.85. The lowest BCUT2D eigenvalue weighted by molar-refractivity contribution is -0.384. The maximum absolute atomic E-state index is 12.5. The molecular weight excluding hydrogens is 315 g/mol. The Morgan fingerprint density at radius 2 is 2.05 bits per heavy atom. The molecule has 0 spiro atoms. The van der Waals surface area contributed by atoms with Crippen LogP contribution in [-0.2, 0) is 16.0 Å². The average molecular weight is 327 g/mol. The van der Waals surface area contributed by atoms with Crippen molar-refractivity contribution in [2.24, 2.45) is 0 Å². The molecule has 118 valence electrons. The van der Waals surface area contributed by atoms with Gasteiger partial charge < -0.3 is 5.32 Å². The summed E-state index contributed by atoms with van der Waals surface area (Å²) in [5.41, 5.74) is -2.38. The molecule has 7 nitrogen and oxygen atoms in total. The highest BCUT2D eigenvalue weighted by Gasteiger charge is 2.34. The number of nitrogens with zero attached hydrogens (tertiary/aromatic N) is 2. The van der Waals surface area contributed by atoms with Crippen LogP contribution in [0.4, 0.5) is 24.5 Å². The molecule has 21 heavy (non-hydrogen) atoms. The Bertz CT molecular complexity index is 631. The van der Waals surface area contributed by atoms with Gasteiger partial charge in [0.1, 0.15) is 17.6 Å². The zero-order valence-electron chi connectivity index (χ0n) is 10.8. The molecule has 0 aliphatic carbocycles. The Morgan fingerprint density at radius 1 is 1.43 bits per heavy atom. The van der Waals surface area contributed by atoms with Crippen LogP contribution in [0.15, 0.2) is 12.3 Å². The van der Waals surface area contributed by atoms with Crippen molar-refractivity contribution in [1.82, 2.24) is 4.98 Å². The number of aromatic nitrogens is 1. The number of nitro groups is 1. The highest BCUT2D eigenvalue weighted by atomic mass is 32.2. The number of anilines is 1. The van der Waals surface area contributed by atoms with Crippen molar-refractivity contribution >= 4 is 21.2 Å². The zero-order valence-corrected chi connectivity index (χ0v) is 11.7. The number of pyridine rings is 1. The highest BCUT2D eigenvalue weighted by molar-refractivity contribution is 7.91. The van der Waals surface area contributed by atoms with Crippen LogP contribution in [0.3, 0.4) is 0 Å². The molecule has 0 aliphatic rings. The standard InChI is InChI=1S/C10H12F3N3O4S/c1-2-21(19,20)4-3-14-7-5-9(10(11,12)13)15-6-8(7)16(17)18/h5-6H,2-4H2,1H3,(H,14,15). The van der Waals surface area contributed by atoms with Crippen LogP contribution in [0.25, 0.3) is 0 Å². The molecule has 0 bridgehead atoms. The Hall–Kier alpha value is -1.91. The minimum absolute atomic E-state index is 0.124. The highest BCUT2D eigenvalue weighted by Crippen LogP contribution is 2.32. The second kappa shape index (κ2) is 6.24. The largest absolute Gasteiger partial charge is 0.433 e. The van der Waals surface area contributed by atoms with E-state index >= 15 is 0 Å². The van der Waals surface area contributed by atoms with Gasteiger partial charge >= 0.3 is 11.9 Å². The first-order chi connectivity index (χ1) is 9.57. The number of hydrogen-bond donors (Lipinski definition) is 1. The fraction of sp³-hybridized carbons (Fsp3) is 0.500. The molecule has 0 amide bonds. The molecular formula is C10H12F3N3O4S. The third-order valence-electron chi connectivity index (χ3n) is 2.54. The summed E-state index contributed by atoms with van der Waals surface area (Å²) in [4.78, 5) is 12.8. The van der Waals surface area contributed by atoms with Crippen LogP contribution in [0.1, 0.15) is 12.6 Å². The average Bonchev–Trinajstić information content (AvgIpc) is 2.37. The SMILES string of the molecule is CCS(=O)(=O)CCNc1cc(C(F)(F)F)ncc1[N+](=O)[O-]. The van der Waals surface area contributed by atoms with Gasteiger partial charge in [-0.15, -0.1) is 0 Å². The van der Waals surface area contributed by atoms with Crippen molar-refractivity contribution in [2.45, 2.75) is 13.1 Å². The number of rotatable bonds is 6. The van der Waals surface area contributed by atoms with E-state index in [0.717, 1.165) is 0 Å². The maximum Gasteiger partial charge on any atom is 0.433 e. The van der Waals surface area contributed by atoms with Crippen LogP contribution < -0.4 is 5.32 Å². The first-order valence-electron chi connectivity index (χ1n) is 5.72. The fourth-order valence-corrected chi connectivity index (χ4v) is 2.08. The van der Waals surface area contributed by atoms with Gasteiger partial charge in [0.25, 0.3) is 0 Å². The van der Waals surface area contributed by atoms with E-state index in [2.05, 4.69) is 10.3 Å². The molecule has 1 aromatic heterocycles. The molecule has 0 fully saturated rings. The van der Waals surface area contributed by atoms with Gasteiger partial charge in [0.05, 0.1) is 10.7 Å². The van der Waals surface area contributed by atoms with Gasteiger partial charge in [-0.3, -0.25) is 10.1 Å². The van der Waals surface area contributed by atoms with E-state index in [1.807, 2.05) is 0 Å². The smallest absolute Gasteiger partial charge is 0.378 e. The minimum atomic E-state index is -4.75. The predicted octanol–water partition coefficient (Wildman–Crippen LogP) is 1.86. The van der Waals surface area contributed by atoms with Gasteiger partial charge in [0.15, 0.2) is 9.84 Å². The predicted molar refractivity (Wildman–Crippen MR) is 68.7 cm³/mol. The van der Waals surface area contributed by atoms with Gasteiger partial charge in [-0.1, -0.05) is 6.92 Å². The molecule has 11 heteroatoms. The van der Waals surface area contributed by atoms with Crippen molar-refractivity contribution in [3.05, 3.63) is 28.1 Å². The maximum atomic E-state index is 12.5. The summed E-state index contributed by atoms with van der Waals surface area (Å²) < 4.78 is 60.1. The van der Waals surface area contributed by atoms with E-state index in [1.54, 1.807) is 0 Å². The van der Waals surface area contributed by atoms with Gasteiger partial charge in [0, 0.05) is 12.3 Å². The molecule has 0 atom stereocenters. The zero-order chi connectivity index (χ0) is 16.3. The monoisotopic (exact) mass is 327 g/mol. The minimum Gasteiger partial charge on any atom is -0.378 e. The van der Waals surface area contributed by atoms with Crippen molar-refractivity contribution < 1.29 is 26.5 Å². The lowest BCUT2D eigenvalue weighted by Gasteiger charge is -2.10. The molecule has 1 rings (SSSR count). The van der Waals surface area contributed by atoms with Crippen molar-refractivity contribution in [1.29, 1.82) is 0 Å². The Balaban J connectivity index is 3.00. The number of nitrogens with one attached hydrogen (secondary N) is 1. The van der Waals surface area contributed by atoms with Gasteiger partial charge in [0.2, 0.25) is 0 Å². The second-order valence-corrected chi connectivity index (χ2v) is 6.48. The van der Waals surface area contributed by atoms with E-state index in [0.29, 0.717) is 12.3 Å². The first kappa shape index (κ1) is 17.1. The van der Waals surface area contributed by atoms with E-state index in [-0.39, 0.29) is 18.1 Å². The summed E-state index contributed by atoms with van der Waals surface area (Å²) in [7, 11) is -3.33. The Kier molecular flexibility index (Phi) is 5.10. The fourth-order valence-electron chi connectivity index (χ4n) is 1.38. The van der Waals surface area contributed by atoms with Crippen LogP contribution in [0.2, 0.25) is 0 Å². The van der Waals surface area contributed by atoms with Gasteiger partial charge in [-0.2, -0.15) is 13.2 Å². The van der Waals surface area contributed by atoms with Crippen LogP contribution in [0, 0.1) is 10.1 Å². The van der Waals surface area contributed by atoms with Crippen molar-refractivity contribution in [3.63, 3.8) is 0 Å². The Morgan fingerprint density at radius 3 is 2.52 bits per heavy atom. The molecule has 0 unspecified atom stereocenters. The Labute approximate surface area is 118 Å². The van der Waals surface area contributed by atoms with E-state index in [9.17, 15) is 31.7 Å². The molecule has 0 aliphatic heterocycles. The summed E-state index contributed by atoms with van der Waals surface area (Å²) in [6.07, 6.45) is -4.26. The lowest BCUT2D eigenvalue weighted by atomic mass is 10.2. The quantitative estimate of drug-likeness (QED) is 0.632. The third-order valence-corrected chi connectivity index (χ3v) is 4.24. The molecule has 0 saturated carbocycles. The van der Waals surface area contributed by atoms with E-state index in [1.165, 1.54) is 6.92 Å². The lowest BCUT2D eigenvalue weighted by Crippen LogP contribution is -2.18. The molecule has 1 heterocycles. The van der Waals surface area contributed by atoms with Crippen LogP contribution >= 0.6 is 0 Å². The normalized spacial score (nSPS) is 12.2. The van der Waals surface area contributed by atoms with E-state index in [4.69, 9.17) is 0 Å². The molecule has 0 aromatic carbocycles. The molecule has 1 aromatic rings. The summed E-state index contributed by atoms with van der Waals surface area (Å²) >= 11 is 0.